The molecule has 0 aliphatic heterocycles. The molecule has 2 heteroatoms. The van der Waals surface area contributed by atoms with Crippen LogP contribution in [0.5, 0.6) is 0 Å². The van der Waals surface area contributed by atoms with Gasteiger partial charge in [-0.1, -0.05) is 39.3 Å². The van der Waals surface area contributed by atoms with Gasteiger partial charge in [-0.05, 0) is 11.8 Å². The van der Waals surface area contributed by atoms with Gasteiger partial charge in [0.1, 0.15) is 0 Å². The van der Waals surface area contributed by atoms with Gasteiger partial charge in [-0.3, -0.25) is 0 Å². The maximum atomic E-state index is 9.49. The number of aliphatic hydroxyl groups is 2. The molecule has 0 saturated heterocycles. The predicted molar refractivity (Wildman–Crippen MR) is 50.9 cm³/mol. The van der Waals surface area contributed by atoms with Gasteiger partial charge in [-0.2, -0.15) is 0 Å². The molecule has 3 unspecified atom stereocenters. The van der Waals surface area contributed by atoms with Crippen molar-refractivity contribution in [1.29, 1.82) is 0 Å². The fourth-order valence-corrected chi connectivity index (χ4v) is 0.796. The lowest BCUT2D eigenvalue weighted by molar-refractivity contribution is 0.158. The Bertz CT molecular complexity index is 132. The number of hydrogen-bond donors (Lipinski definition) is 2. The van der Waals surface area contributed by atoms with Crippen LogP contribution >= 0.6 is 0 Å². The van der Waals surface area contributed by atoms with Crippen molar-refractivity contribution in [2.24, 2.45) is 11.8 Å². The van der Waals surface area contributed by atoms with Crippen LogP contribution in [0.4, 0.5) is 0 Å². The molecule has 2 N–H and O–H groups in total. The molecule has 72 valence electrons. The Labute approximate surface area is 74.9 Å². The van der Waals surface area contributed by atoms with Gasteiger partial charge < -0.3 is 10.2 Å². The van der Waals surface area contributed by atoms with Gasteiger partial charge in [-0.25, -0.2) is 0 Å². The zero-order valence-corrected chi connectivity index (χ0v) is 8.20. The van der Waals surface area contributed by atoms with Gasteiger partial charge in [0.2, 0.25) is 0 Å². The summed E-state index contributed by atoms with van der Waals surface area (Å²) < 4.78 is 0. The second-order valence-electron chi connectivity index (χ2n) is 3.42. The summed E-state index contributed by atoms with van der Waals surface area (Å²) in [7, 11) is 0. The molecule has 0 rings (SSSR count). The van der Waals surface area contributed by atoms with Gasteiger partial charge in [0.05, 0.1) is 6.10 Å². The SMILES string of the molecule is CCC(C)C(O)C=CC(C)CO. The van der Waals surface area contributed by atoms with Crippen LogP contribution in [0.1, 0.15) is 27.2 Å². The van der Waals surface area contributed by atoms with Crippen LogP contribution in [0.2, 0.25) is 0 Å². The molecule has 0 aliphatic rings. The van der Waals surface area contributed by atoms with Crippen LogP contribution in [0.3, 0.4) is 0 Å². The van der Waals surface area contributed by atoms with E-state index in [9.17, 15) is 5.11 Å². The summed E-state index contributed by atoms with van der Waals surface area (Å²) >= 11 is 0. The van der Waals surface area contributed by atoms with Crippen LogP contribution in [0.25, 0.3) is 0 Å². The Morgan fingerprint density at radius 3 is 2.25 bits per heavy atom. The lowest BCUT2D eigenvalue weighted by Gasteiger charge is -2.13. The minimum atomic E-state index is -0.371. The van der Waals surface area contributed by atoms with Crippen LogP contribution in [-0.2, 0) is 0 Å². The quantitative estimate of drug-likeness (QED) is 0.618. The second-order valence-corrected chi connectivity index (χ2v) is 3.42. The minimum Gasteiger partial charge on any atom is -0.396 e. The average Bonchev–Trinajstić information content (AvgIpc) is 2.11. The van der Waals surface area contributed by atoms with E-state index in [-0.39, 0.29) is 18.6 Å². The molecule has 2 nitrogen and oxygen atoms in total. The summed E-state index contributed by atoms with van der Waals surface area (Å²) in [4.78, 5) is 0. The molecule has 3 atom stereocenters. The molecule has 0 aromatic heterocycles. The third kappa shape index (κ3) is 4.52. The molecule has 0 bridgehead atoms. The van der Waals surface area contributed by atoms with Gasteiger partial charge in [0.15, 0.2) is 0 Å². The summed E-state index contributed by atoms with van der Waals surface area (Å²) in [5.41, 5.74) is 0. The molecule has 0 fully saturated rings. The van der Waals surface area contributed by atoms with Crippen LogP contribution < -0.4 is 0 Å². The Morgan fingerprint density at radius 1 is 1.25 bits per heavy atom. The first-order chi connectivity index (χ1) is 5.61. The van der Waals surface area contributed by atoms with E-state index in [1.54, 1.807) is 6.08 Å². The van der Waals surface area contributed by atoms with Gasteiger partial charge >= 0.3 is 0 Å². The van der Waals surface area contributed by atoms with Crippen LogP contribution in [0.15, 0.2) is 12.2 Å². The normalized spacial score (nSPS) is 19.4. The van der Waals surface area contributed by atoms with Crippen molar-refractivity contribution in [1.82, 2.24) is 0 Å². The Morgan fingerprint density at radius 2 is 1.83 bits per heavy atom. The Hall–Kier alpha value is -0.340. The monoisotopic (exact) mass is 172 g/mol. The van der Waals surface area contributed by atoms with E-state index in [2.05, 4.69) is 6.92 Å². The maximum Gasteiger partial charge on any atom is 0.0746 e. The number of hydrogen-bond acceptors (Lipinski definition) is 2. The first kappa shape index (κ1) is 11.7. The molecule has 0 aromatic carbocycles. The summed E-state index contributed by atoms with van der Waals surface area (Å²) in [6, 6.07) is 0. The van der Waals surface area contributed by atoms with E-state index >= 15 is 0 Å². The topological polar surface area (TPSA) is 40.5 Å². The van der Waals surface area contributed by atoms with E-state index in [4.69, 9.17) is 5.11 Å². The largest absolute Gasteiger partial charge is 0.396 e. The molecule has 0 spiro atoms. The standard InChI is InChI=1S/C10H20O2/c1-4-9(3)10(12)6-5-8(2)7-11/h5-6,8-12H,4,7H2,1-3H3. The van der Waals surface area contributed by atoms with Crippen molar-refractivity contribution in [3.8, 4) is 0 Å². The Kier molecular flexibility index (Phi) is 6.03. The maximum absolute atomic E-state index is 9.49. The Balaban J connectivity index is 3.81. The highest BCUT2D eigenvalue weighted by atomic mass is 16.3. The van der Waals surface area contributed by atoms with E-state index in [0.29, 0.717) is 5.92 Å². The van der Waals surface area contributed by atoms with Crippen molar-refractivity contribution >= 4 is 0 Å². The summed E-state index contributed by atoms with van der Waals surface area (Å²) in [5.74, 6) is 0.441. The van der Waals surface area contributed by atoms with Crippen molar-refractivity contribution < 1.29 is 10.2 Å². The summed E-state index contributed by atoms with van der Waals surface area (Å²) in [6.45, 7) is 6.12. The molecule has 0 aliphatic carbocycles. The predicted octanol–water partition coefficient (Wildman–Crippen LogP) is 1.58. The lowest BCUT2D eigenvalue weighted by Crippen LogP contribution is -2.14. The first-order valence-electron chi connectivity index (χ1n) is 4.59. The zero-order valence-electron chi connectivity index (χ0n) is 8.20. The van der Waals surface area contributed by atoms with E-state index in [1.807, 2.05) is 19.9 Å². The van der Waals surface area contributed by atoms with E-state index in [1.165, 1.54) is 0 Å². The zero-order chi connectivity index (χ0) is 9.56. The second kappa shape index (κ2) is 6.21. The molecular weight excluding hydrogens is 152 g/mol. The molecule has 0 radical (unpaired) electrons. The first-order valence-corrected chi connectivity index (χ1v) is 4.59. The van der Waals surface area contributed by atoms with E-state index < -0.39 is 0 Å². The minimum absolute atomic E-state index is 0.142. The molecule has 0 saturated carbocycles. The summed E-state index contributed by atoms with van der Waals surface area (Å²) in [6.07, 6.45) is 4.23. The summed E-state index contributed by atoms with van der Waals surface area (Å²) in [5, 5.41) is 18.2. The van der Waals surface area contributed by atoms with Crippen molar-refractivity contribution in [3.05, 3.63) is 12.2 Å². The average molecular weight is 172 g/mol. The number of rotatable bonds is 5. The third-order valence-electron chi connectivity index (χ3n) is 2.15. The van der Waals surface area contributed by atoms with Gasteiger partial charge in [-0.15, -0.1) is 0 Å². The number of aliphatic hydroxyl groups excluding tert-OH is 2. The third-order valence-corrected chi connectivity index (χ3v) is 2.15. The molecule has 0 aromatic rings. The van der Waals surface area contributed by atoms with Crippen molar-refractivity contribution in [2.45, 2.75) is 33.3 Å². The van der Waals surface area contributed by atoms with Crippen molar-refractivity contribution in [3.63, 3.8) is 0 Å². The molecular formula is C10H20O2. The smallest absolute Gasteiger partial charge is 0.0746 e. The van der Waals surface area contributed by atoms with E-state index in [0.717, 1.165) is 6.42 Å². The molecule has 0 amide bonds. The van der Waals surface area contributed by atoms with Crippen LogP contribution in [-0.4, -0.2) is 22.9 Å². The highest BCUT2D eigenvalue weighted by molar-refractivity contribution is 4.93. The molecule has 0 heterocycles. The highest BCUT2D eigenvalue weighted by Gasteiger charge is 2.07. The van der Waals surface area contributed by atoms with Gasteiger partial charge in [0, 0.05) is 6.61 Å². The lowest BCUT2D eigenvalue weighted by atomic mass is 10.0. The fourth-order valence-electron chi connectivity index (χ4n) is 0.796. The van der Waals surface area contributed by atoms with Crippen molar-refractivity contribution in [2.75, 3.05) is 6.61 Å². The van der Waals surface area contributed by atoms with Crippen LogP contribution in [0, 0.1) is 11.8 Å². The molecule has 12 heavy (non-hydrogen) atoms. The highest BCUT2D eigenvalue weighted by Crippen LogP contribution is 2.09. The van der Waals surface area contributed by atoms with Gasteiger partial charge in [0.25, 0.3) is 0 Å². The fraction of sp³-hybridized carbons (Fsp3) is 0.800.